The molecule has 2 amide bonds. The van der Waals surface area contributed by atoms with Gasteiger partial charge in [-0.3, -0.25) is 18.9 Å². The SMILES string of the molecule is COc1nc(-c2cccc(-c3cccc(-c4ccn5c(=O)c(CN6CCCC6CO)cnc5c4)c3Cl)c2Cl)ccc1CN(C[C@@H]1CCC(=O)N1)C(=O)OC(C)(C)C. The molecule has 2 aliphatic heterocycles. The van der Waals surface area contributed by atoms with Crippen molar-refractivity contribution < 1.29 is 24.2 Å². The Hall–Kier alpha value is -5.01. The third-order valence-electron chi connectivity index (χ3n) is 10.4. The number of nitrogens with one attached hydrogen (secondary N) is 1. The fourth-order valence-corrected chi connectivity index (χ4v) is 8.21. The fraction of sp³-hybridized carbons (Fsp3) is 0.372. The van der Waals surface area contributed by atoms with E-state index in [9.17, 15) is 19.5 Å². The normalized spacial score (nSPS) is 17.2. The molecule has 2 saturated heterocycles. The molecule has 3 aromatic heterocycles. The van der Waals surface area contributed by atoms with E-state index in [2.05, 4.69) is 15.2 Å². The molecular formula is C43H46Cl2N6O6. The first kappa shape index (κ1) is 40.2. The van der Waals surface area contributed by atoms with Gasteiger partial charge in [-0.25, -0.2) is 14.8 Å². The first-order valence-corrected chi connectivity index (χ1v) is 19.8. The van der Waals surface area contributed by atoms with Crippen LogP contribution in [-0.2, 0) is 22.6 Å². The molecule has 0 radical (unpaired) electrons. The number of methoxy groups -OCH3 is 1. The van der Waals surface area contributed by atoms with E-state index in [-0.39, 0.29) is 43.2 Å². The van der Waals surface area contributed by atoms with E-state index in [1.54, 1.807) is 17.3 Å². The summed E-state index contributed by atoms with van der Waals surface area (Å²) in [5.74, 6) is 0.282. The molecule has 12 nitrogen and oxygen atoms in total. The number of benzene rings is 2. The van der Waals surface area contributed by atoms with E-state index in [0.29, 0.717) is 74.5 Å². The van der Waals surface area contributed by atoms with Gasteiger partial charge in [0.2, 0.25) is 11.8 Å². The molecule has 0 bridgehead atoms. The Morgan fingerprint density at radius 2 is 1.70 bits per heavy atom. The molecule has 298 valence electrons. The van der Waals surface area contributed by atoms with Gasteiger partial charge in [-0.1, -0.05) is 59.6 Å². The highest BCUT2D eigenvalue weighted by molar-refractivity contribution is 6.39. The number of hydrogen-bond acceptors (Lipinski definition) is 9. The molecule has 5 aromatic rings. The van der Waals surface area contributed by atoms with Crippen LogP contribution in [0.1, 0.15) is 57.6 Å². The zero-order chi connectivity index (χ0) is 40.4. The summed E-state index contributed by atoms with van der Waals surface area (Å²) in [7, 11) is 1.52. The molecule has 57 heavy (non-hydrogen) atoms. The summed E-state index contributed by atoms with van der Waals surface area (Å²) in [4.78, 5) is 51.8. The number of nitrogens with zero attached hydrogens (tertiary/aromatic N) is 5. The van der Waals surface area contributed by atoms with E-state index in [1.807, 2.05) is 81.4 Å². The average Bonchev–Trinajstić information content (AvgIpc) is 3.83. The van der Waals surface area contributed by atoms with Gasteiger partial charge in [0.15, 0.2) is 0 Å². The Morgan fingerprint density at radius 1 is 0.982 bits per heavy atom. The van der Waals surface area contributed by atoms with Crippen molar-refractivity contribution in [1.29, 1.82) is 0 Å². The molecule has 2 N–H and O–H groups in total. The maximum atomic E-state index is 13.4. The smallest absolute Gasteiger partial charge is 0.410 e. The standard InChI is InChI=1S/C43H46Cl2N6O6/c1-43(2,3)57-42(55)50(24-29-14-16-37(53)47-29)22-27-13-15-35(48-40(27)56-4)34-12-6-11-33(39(34)45)32-10-5-9-31(38(32)44)26-17-19-51-36(20-26)46-21-28(41(51)54)23-49-18-7-8-30(49)25-52/h5-6,9-13,15,17,19-21,29-30,52H,7-8,14,16,18,22-25H2,1-4H3,(H,47,53)/t29-,30?/m0/s1. The molecular weight excluding hydrogens is 767 g/mol. The van der Waals surface area contributed by atoms with E-state index in [1.165, 1.54) is 11.5 Å². The first-order chi connectivity index (χ1) is 27.3. The van der Waals surface area contributed by atoms with Gasteiger partial charge in [0.05, 0.1) is 41.6 Å². The van der Waals surface area contributed by atoms with Crippen LogP contribution < -0.4 is 15.6 Å². The van der Waals surface area contributed by atoms with Gasteiger partial charge in [-0.2, -0.15) is 0 Å². The highest BCUT2D eigenvalue weighted by atomic mass is 35.5. The fourth-order valence-electron chi connectivity index (χ4n) is 7.55. The minimum Gasteiger partial charge on any atom is -0.481 e. The molecule has 2 atom stereocenters. The average molecular weight is 814 g/mol. The number of halogens is 2. The van der Waals surface area contributed by atoms with Gasteiger partial charge in [0, 0.05) is 71.8 Å². The van der Waals surface area contributed by atoms with Crippen molar-refractivity contribution in [3.63, 3.8) is 0 Å². The van der Waals surface area contributed by atoms with Crippen molar-refractivity contribution in [2.24, 2.45) is 0 Å². The minimum absolute atomic E-state index is 0.0374. The summed E-state index contributed by atoms with van der Waals surface area (Å²) in [5.41, 5.74) is 5.03. The predicted molar refractivity (Wildman–Crippen MR) is 220 cm³/mol. The summed E-state index contributed by atoms with van der Waals surface area (Å²) >= 11 is 14.3. The van der Waals surface area contributed by atoms with Crippen LogP contribution in [0.2, 0.25) is 10.0 Å². The lowest BCUT2D eigenvalue weighted by atomic mass is 9.97. The summed E-state index contributed by atoms with van der Waals surface area (Å²) in [6.07, 6.45) is 5.79. The number of hydrogen-bond donors (Lipinski definition) is 2. The lowest BCUT2D eigenvalue weighted by molar-refractivity contribution is -0.119. The Morgan fingerprint density at radius 3 is 2.39 bits per heavy atom. The van der Waals surface area contributed by atoms with Crippen LogP contribution in [0.25, 0.3) is 39.2 Å². The van der Waals surface area contributed by atoms with Crippen LogP contribution in [0.4, 0.5) is 4.79 Å². The number of ether oxygens (including phenoxy) is 2. The van der Waals surface area contributed by atoms with Crippen LogP contribution in [-0.4, -0.2) is 85.8 Å². The number of aromatic nitrogens is 3. The van der Waals surface area contributed by atoms with Gasteiger partial charge in [0.1, 0.15) is 11.2 Å². The van der Waals surface area contributed by atoms with E-state index >= 15 is 0 Å². The molecule has 1 unspecified atom stereocenters. The third-order valence-corrected chi connectivity index (χ3v) is 11.2. The van der Waals surface area contributed by atoms with Gasteiger partial charge >= 0.3 is 6.09 Å². The van der Waals surface area contributed by atoms with Crippen molar-refractivity contribution in [2.75, 3.05) is 26.8 Å². The van der Waals surface area contributed by atoms with Crippen LogP contribution in [0.15, 0.2) is 77.9 Å². The molecule has 5 heterocycles. The zero-order valence-corrected chi connectivity index (χ0v) is 33.9. The summed E-state index contributed by atoms with van der Waals surface area (Å²) in [6, 6.07) is 18.6. The number of aliphatic hydroxyl groups excluding tert-OH is 1. The Bertz CT molecular complexity index is 2380. The van der Waals surface area contributed by atoms with Crippen molar-refractivity contribution in [3.05, 3.63) is 105 Å². The van der Waals surface area contributed by atoms with Gasteiger partial charge in [-0.15, -0.1) is 0 Å². The highest BCUT2D eigenvalue weighted by Gasteiger charge is 2.30. The predicted octanol–water partition coefficient (Wildman–Crippen LogP) is 7.38. The van der Waals surface area contributed by atoms with Crippen LogP contribution in [0, 0.1) is 0 Å². The number of fused-ring (bicyclic) bond motifs is 1. The van der Waals surface area contributed by atoms with Crippen LogP contribution in [0.3, 0.4) is 0 Å². The summed E-state index contributed by atoms with van der Waals surface area (Å²) in [5, 5.41) is 13.6. The van der Waals surface area contributed by atoms with Gasteiger partial charge < -0.3 is 24.8 Å². The molecule has 7 rings (SSSR count). The lowest BCUT2D eigenvalue weighted by Gasteiger charge is -2.29. The zero-order valence-electron chi connectivity index (χ0n) is 32.4. The number of aliphatic hydroxyl groups is 1. The van der Waals surface area contributed by atoms with Crippen molar-refractivity contribution in [1.82, 2.24) is 29.5 Å². The Kier molecular flexibility index (Phi) is 11.9. The summed E-state index contributed by atoms with van der Waals surface area (Å²) < 4.78 is 13.0. The molecule has 0 spiro atoms. The number of pyridine rings is 2. The second-order valence-electron chi connectivity index (χ2n) is 15.5. The number of carbonyl (C=O) groups is 2. The third kappa shape index (κ3) is 8.79. The quantitative estimate of drug-likeness (QED) is 0.140. The van der Waals surface area contributed by atoms with Gasteiger partial charge in [0.25, 0.3) is 5.56 Å². The molecule has 2 fully saturated rings. The van der Waals surface area contributed by atoms with E-state index in [4.69, 9.17) is 37.7 Å². The van der Waals surface area contributed by atoms with Crippen LogP contribution in [0.5, 0.6) is 5.88 Å². The van der Waals surface area contributed by atoms with E-state index < -0.39 is 11.7 Å². The maximum absolute atomic E-state index is 13.4. The highest BCUT2D eigenvalue weighted by Crippen LogP contribution is 2.42. The lowest BCUT2D eigenvalue weighted by Crippen LogP contribution is -2.43. The Labute approximate surface area is 341 Å². The number of carbonyl (C=O) groups excluding carboxylic acids is 2. The summed E-state index contributed by atoms with van der Waals surface area (Å²) in [6.45, 7) is 7.21. The Balaban J connectivity index is 1.16. The monoisotopic (exact) mass is 812 g/mol. The molecule has 14 heteroatoms. The molecule has 0 saturated carbocycles. The topological polar surface area (TPSA) is 139 Å². The maximum Gasteiger partial charge on any atom is 0.410 e. The molecule has 0 aliphatic carbocycles. The number of likely N-dealkylation sites (tertiary alicyclic amines) is 1. The largest absolute Gasteiger partial charge is 0.481 e. The second-order valence-corrected chi connectivity index (χ2v) is 16.3. The second kappa shape index (κ2) is 16.8. The number of rotatable bonds is 11. The number of amides is 2. The van der Waals surface area contributed by atoms with Gasteiger partial charge in [-0.05, 0) is 76.4 Å². The molecule has 2 aromatic carbocycles. The van der Waals surface area contributed by atoms with Crippen molar-refractivity contribution in [2.45, 2.75) is 77.2 Å². The van der Waals surface area contributed by atoms with E-state index in [0.717, 1.165) is 30.5 Å². The molecule has 2 aliphatic rings. The van der Waals surface area contributed by atoms with Crippen molar-refractivity contribution in [3.8, 4) is 39.4 Å². The minimum atomic E-state index is -0.706. The first-order valence-electron chi connectivity index (χ1n) is 19.1. The van der Waals surface area contributed by atoms with Crippen LogP contribution >= 0.6 is 23.2 Å². The van der Waals surface area contributed by atoms with Crippen molar-refractivity contribution >= 4 is 40.8 Å².